The van der Waals surface area contributed by atoms with Crippen LogP contribution in [-0.4, -0.2) is 4.08 Å². The van der Waals surface area contributed by atoms with Crippen molar-refractivity contribution in [3.05, 3.63) is 24.3 Å². The molecule has 0 unspecified atom stereocenters. The van der Waals surface area contributed by atoms with Crippen LogP contribution in [0.3, 0.4) is 0 Å². The minimum Gasteiger partial charge on any atom is -0.107 e. The van der Waals surface area contributed by atoms with Crippen molar-refractivity contribution in [2.45, 2.75) is 33.1 Å². The Labute approximate surface area is 81.1 Å². The molecular weight excluding hydrogens is 184 g/mol. The molecule has 0 N–H and O–H groups in total. The van der Waals surface area contributed by atoms with Gasteiger partial charge in [-0.1, -0.05) is 12.1 Å². The maximum atomic E-state index is 2.25. The average molecular weight is 194 g/mol. The van der Waals surface area contributed by atoms with Gasteiger partial charge >= 0.3 is 0 Å². The third-order valence-corrected chi connectivity index (χ3v) is 5.90. The molecule has 1 saturated carbocycles. The molecule has 12 heavy (non-hydrogen) atoms. The molecule has 0 radical (unpaired) electrons. The van der Waals surface area contributed by atoms with E-state index in [1.165, 1.54) is 29.1 Å². The topological polar surface area (TPSA) is 0 Å². The number of fused-ring (bicyclic) bond motifs is 1. The first kappa shape index (κ1) is 7.34. The second-order valence-electron chi connectivity index (χ2n) is 3.42. The quantitative estimate of drug-likeness (QED) is 0.616. The van der Waals surface area contributed by atoms with E-state index in [2.05, 4.69) is 47.8 Å². The first-order valence-corrected chi connectivity index (χ1v) is 5.98. The standard InChI is InChI=1S/C10H10S2/c1-2-5-9-8(4-1)11-10(12-9)6-3-7-10/h1-2,4-5H,3,6-7H2. The van der Waals surface area contributed by atoms with Gasteiger partial charge in [0.15, 0.2) is 0 Å². The van der Waals surface area contributed by atoms with Crippen molar-refractivity contribution in [3.63, 3.8) is 0 Å². The smallest absolute Gasteiger partial charge is 0.0705 e. The summed E-state index contributed by atoms with van der Waals surface area (Å²) in [4.78, 5) is 3.00. The second-order valence-corrected chi connectivity index (χ2v) is 6.52. The molecule has 1 aliphatic heterocycles. The van der Waals surface area contributed by atoms with Crippen LogP contribution in [0.25, 0.3) is 0 Å². The van der Waals surface area contributed by atoms with Crippen LogP contribution in [-0.2, 0) is 0 Å². The number of benzene rings is 1. The summed E-state index contributed by atoms with van der Waals surface area (Å²) < 4.78 is 0.559. The van der Waals surface area contributed by atoms with E-state index in [1.54, 1.807) is 0 Å². The van der Waals surface area contributed by atoms with Gasteiger partial charge in [-0.05, 0) is 31.4 Å². The van der Waals surface area contributed by atoms with Crippen LogP contribution in [0.15, 0.2) is 34.1 Å². The summed E-state index contributed by atoms with van der Waals surface area (Å²) in [5.41, 5.74) is 0. The van der Waals surface area contributed by atoms with E-state index in [0.717, 1.165) is 0 Å². The van der Waals surface area contributed by atoms with E-state index in [-0.39, 0.29) is 0 Å². The lowest BCUT2D eigenvalue weighted by Gasteiger charge is -2.35. The van der Waals surface area contributed by atoms with Crippen LogP contribution in [0, 0.1) is 0 Å². The Kier molecular flexibility index (Phi) is 1.50. The van der Waals surface area contributed by atoms with Gasteiger partial charge in [0.25, 0.3) is 0 Å². The van der Waals surface area contributed by atoms with Crippen molar-refractivity contribution in [1.82, 2.24) is 0 Å². The molecule has 3 rings (SSSR count). The maximum absolute atomic E-state index is 2.25. The van der Waals surface area contributed by atoms with Crippen LogP contribution < -0.4 is 0 Å². The Hall–Kier alpha value is -0.0800. The highest BCUT2D eigenvalue weighted by molar-refractivity contribution is 8.20. The van der Waals surface area contributed by atoms with Crippen molar-refractivity contribution in [2.24, 2.45) is 0 Å². The fourth-order valence-corrected chi connectivity index (χ4v) is 5.08. The molecule has 1 heterocycles. The van der Waals surface area contributed by atoms with Crippen LogP contribution in [0.5, 0.6) is 0 Å². The fraction of sp³-hybridized carbons (Fsp3) is 0.400. The molecular formula is C10H10S2. The number of thioether (sulfide) groups is 2. The summed E-state index contributed by atoms with van der Waals surface area (Å²) in [6.45, 7) is 0. The molecule has 0 saturated heterocycles. The normalized spacial score (nSPS) is 23.7. The monoisotopic (exact) mass is 194 g/mol. The van der Waals surface area contributed by atoms with Crippen molar-refractivity contribution >= 4 is 23.5 Å². The van der Waals surface area contributed by atoms with Gasteiger partial charge in [0.2, 0.25) is 0 Å². The Morgan fingerprint density at radius 2 is 1.58 bits per heavy atom. The first-order chi connectivity index (χ1) is 5.88. The van der Waals surface area contributed by atoms with Crippen molar-refractivity contribution in [1.29, 1.82) is 0 Å². The first-order valence-electron chi connectivity index (χ1n) is 4.35. The largest absolute Gasteiger partial charge is 0.107 e. The van der Waals surface area contributed by atoms with Crippen LogP contribution in [0.2, 0.25) is 0 Å². The van der Waals surface area contributed by atoms with E-state index >= 15 is 0 Å². The van der Waals surface area contributed by atoms with E-state index < -0.39 is 0 Å². The summed E-state index contributed by atoms with van der Waals surface area (Å²) in [5.74, 6) is 0. The van der Waals surface area contributed by atoms with Crippen LogP contribution in [0.1, 0.15) is 19.3 Å². The lowest BCUT2D eigenvalue weighted by molar-refractivity contribution is 0.487. The van der Waals surface area contributed by atoms with Gasteiger partial charge in [-0.3, -0.25) is 0 Å². The molecule has 1 spiro atoms. The highest BCUT2D eigenvalue weighted by Gasteiger charge is 2.43. The molecule has 2 heteroatoms. The SMILES string of the molecule is c1ccc2c(c1)SC1(CCC1)S2. The van der Waals surface area contributed by atoms with Gasteiger partial charge in [-0.2, -0.15) is 0 Å². The van der Waals surface area contributed by atoms with Gasteiger partial charge in [0.05, 0.1) is 4.08 Å². The molecule has 0 amide bonds. The lowest BCUT2D eigenvalue weighted by atomic mass is 9.99. The van der Waals surface area contributed by atoms with Gasteiger partial charge in [0, 0.05) is 9.79 Å². The van der Waals surface area contributed by atoms with Crippen LogP contribution in [0.4, 0.5) is 0 Å². The molecule has 1 fully saturated rings. The molecule has 0 nitrogen and oxygen atoms in total. The lowest BCUT2D eigenvalue weighted by Crippen LogP contribution is -2.26. The minimum atomic E-state index is 0.559. The zero-order valence-electron chi connectivity index (χ0n) is 6.75. The summed E-state index contributed by atoms with van der Waals surface area (Å²) in [5, 5.41) is 0. The molecule has 1 aromatic carbocycles. The van der Waals surface area contributed by atoms with Crippen molar-refractivity contribution < 1.29 is 0 Å². The van der Waals surface area contributed by atoms with Gasteiger partial charge in [0.1, 0.15) is 0 Å². The number of hydrogen-bond acceptors (Lipinski definition) is 2. The highest BCUT2D eigenvalue weighted by atomic mass is 32.2. The molecule has 1 aliphatic carbocycles. The van der Waals surface area contributed by atoms with E-state index in [0.29, 0.717) is 4.08 Å². The maximum Gasteiger partial charge on any atom is 0.0705 e. The third kappa shape index (κ3) is 0.944. The molecule has 2 aliphatic rings. The molecule has 0 atom stereocenters. The van der Waals surface area contributed by atoms with E-state index in [9.17, 15) is 0 Å². The predicted octanol–water partition coefficient (Wildman–Crippen LogP) is 3.76. The summed E-state index contributed by atoms with van der Waals surface area (Å²) in [7, 11) is 0. The zero-order chi connectivity index (χ0) is 8.02. The van der Waals surface area contributed by atoms with Gasteiger partial charge < -0.3 is 0 Å². The second kappa shape index (κ2) is 2.46. The molecule has 0 aromatic heterocycles. The summed E-state index contributed by atoms with van der Waals surface area (Å²) in [6, 6.07) is 8.79. The van der Waals surface area contributed by atoms with Crippen molar-refractivity contribution in [2.75, 3.05) is 0 Å². The Balaban J connectivity index is 1.99. The molecule has 1 aromatic rings. The van der Waals surface area contributed by atoms with Crippen LogP contribution >= 0.6 is 23.5 Å². The zero-order valence-corrected chi connectivity index (χ0v) is 8.38. The Morgan fingerprint density at radius 3 is 2.00 bits per heavy atom. The number of rotatable bonds is 0. The van der Waals surface area contributed by atoms with E-state index in [4.69, 9.17) is 0 Å². The van der Waals surface area contributed by atoms with Gasteiger partial charge in [-0.25, -0.2) is 0 Å². The molecule has 0 bridgehead atoms. The highest BCUT2D eigenvalue weighted by Crippen LogP contribution is 2.64. The Bertz CT molecular complexity index is 288. The molecule has 62 valence electrons. The summed E-state index contributed by atoms with van der Waals surface area (Å²) in [6.07, 6.45) is 4.22. The minimum absolute atomic E-state index is 0.559. The fourth-order valence-electron chi connectivity index (χ4n) is 1.71. The Morgan fingerprint density at radius 1 is 1.00 bits per heavy atom. The predicted molar refractivity (Wildman–Crippen MR) is 54.7 cm³/mol. The van der Waals surface area contributed by atoms with Crippen molar-refractivity contribution in [3.8, 4) is 0 Å². The van der Waals surface area contributed by atoms with Gasteiger partial charge in [-0.15, -0.1) is 23.5 Å². The van der Waals surface area contributed by atoms with E-state index in [1.807, 2.05) is 0 Å². The third-order valence-electron chi connectivity index (χ3n) is 2.56. The number of hydrogen-bond donors (Lipinski definition) is 0. The summed E-state index contributed by atoms with van der Waals surface area (Å²) >= 11 is 4.18. The average Bonchev–Trinajstić information content (AvgIpc) is 2.42.